The van der Waals surface area contributed by atoms with Gasteiger partial charge in [-0.15, -0.1) is 12.4 Å². The van der Waals surface area contributed by atoms with Crippen LogP contribution in [0.25, 0.3) is 0 Å². The number of benzene rings is 1. The molecule has 1 nitrogen and oxygen atoms in total. The third-order valence-electron chi connectivity index (χ3n) is 2.53. The molecule has 1 aliphatic carbocycles. The van der Waals surface area contributed by atoms with Gasteiger partial charge in [0.25, 0.3) is 0 Å². The van der Waals surface area contributed by atoms with Gasteiger partial charge in [-0.2, -0.15) is 0 Å². The number of likely N-dealkylation sites (N-methyl/N-ethyl adjacent to an activating group) is 1. The molecule has 0 aliphatic heterocycles. The molecule has 0 radical (unpaired) electrons. The average molecular weight is 220 g/mol. The van der Waals surface area contributed by atoms with E-state index in [4.69, 9.17) is 0 Å². The van der Waals surface area contributed by atoms with E-state index in [1.54, 1.807) is 0 Å². The Kier molecular flexibility index (Phi) is 3.45. The van der Waals surface area contributed by atoms with Crippen LogP contribution in [0.1, 0.15) is 17.9 Å². The molecular formula is C10H12ClF2N. The summed E-state index contributed by atoms with van der Waals surface area (Å²) in [6, 6.07) is 4.25. The van der Waals surface area contributed by atoms with Crippen molar-refractivity contribution in [3.05, 3.63) is 35.4 Å². The SMILES string of the molecule is CNC1CC1c1c(F)cccc1F.Cl. The van der Waals surface area contributed by atoms with Crippen LogP contribution in [0.4, 0.5) is 8.78 Å². The minimum atomic E-state index is -0.428. The topological polar surface area (TPSA) is 12.0 Å². The number of halogens is 3. The zero-order valence-electron chi connectivity index (χ0n) is 7.76. The normalized spacial score (nSPS) is 24.2. The van der Waals surface area contributed by atoms with Gasteiger partial charge in [-0.3, -0.25) is 0 Å². The summed E-state index contributed by atoms with van der Waals surface area (Å²) in [7, 11) is 1.81. The predicted octanol–water partition coefficient (Wildman–Crippen LogP) is 2.46. The second-order valence-corrected chi connectivity index (χ2v) is 3.37. The highest BCUT2D eigenvalue weighted by Crippen LogP contribution is 2.42. The van der Waals surface area contributed by atoms with E-state index in [0.717, 1.165) is 6.42 Å². The van der Waals surface area contributed by atoms with Crippen LogP contribution in [0, 0.1) is 11.6 Å². The molecule has 4 heteroatoms. The quantitative estimate of drug-likeness (QED) is 0.806. The lowest BCUT2D eigenvalue weighted by Crippen LogP contribution is -2.11. The van der Waals surface area contributed by atoms with Crippen molar-refractivity contribution >= 4 is 12.4 Å². The second kappa shape index (κ2) is 4.24. The molecule has 0 amide bonds. The largest absolute Gasteiger partial charge is 0.316 e. The van der Waals surface area contributed by atoms with E-state index in [1.165, 1.54) is 18.2 Å². The van der Waals surface area contributed by atoms with Crippen LogP contribution in [-0.2, 0) is 0 Å². The van der Waals surface area contributed by atoms with E-state index in [9.17, 15) is 8.78 Å². The summed E-state index contributed by atoms with van der Waals surface area (Å²) in [5, 5.41) is 3.01. The Morgan fingerprint density at radius 3 is 2.29 bits per heavy atom. The van der Waals surface area contributed by atoms with Crippen LogP contribution < -0.4 is 5.32 Å². The third-order valence-corrected chi connectivity index (χ3v) is 2.53. The first-order valence-corrected chi connectivity index (χ1v) is 4.35. The molecule has 0 aromatic heterocycles. The van der Waals surface area contributed by atoms with E-state index < -0.39 is 11.6 Å². The Labute approximate surface area is 87.9 Å². The molecular weight excluding hydrogens is 208 g/mol. The summed E-state index contributed by atoms with van der Waals surface area (Å²) >= 11 is 0. The Hall–Kier alpha value is -0.670. The van der Waals surface area contributed by atoms with Crippen molar-refractivity contribution in [1.29, 1.82) is 0 Å². The Bertz CT molecular complexity index is 310. The monoisotopic (exact) mass is 219 g/mol. The van der Waals surface area contributed by atoms with Crippen molar-refractivity contribution in [2.75, 3.05) is 7.05 Å². The molecule has 78 valence electrons. The van der Waals surface area contributed by atoms with Crippen LogP contribution in [0.15, 0.2) is 18.2 Å². The van der Waals surface area contributed by atoms with Gasteiger partial charge in [-0.05, 0) is 25.6 Å². The maximum atomic E-state index is 13.2. The smallest absolute Gasteiger partial charge is 0.129 e. The lowest BCUT2D eigenvalue weighted by molar-refractivity contribution is 0.552. The molecule has 1 saturated carbocycles. The highest BCUT2D eigenvalue weighted by atomic mass is 35.5. The average Bonchev–Trinajstić information content (AvgIpc) is 2.83. The van der Waals surface area contributed by atoms with E-state index in [0.29, 0.717) is 0 Å². The molecule has 14 heavy (non-hydrogen) atoms. The summed E-state index contributed by atoms with van der Waals surface area (Å²) in [6.45, 7) is 0. The van der Waals surface area contributed by atoms with Gasteiger partial charge in [0.2, 0.25) is 0 Å². The Morgan fingerprint density at radius 2 is 1.86 bits per heavy atom. The van der Waals surface area contributed by atoms with E-state index in [2.05, 4.69) is 5.32 Å². The molecule has 0 spiro atoms. The molecule has 2 rings (SSSR count). The number of hydrogen-bond donors (Lipinski definition) is 1. The minimum absolute atomic E-state index is 0. The zero-order valence-corrected chi connectivity index (χ0v) is 8.57. The van der Waals surface area contributed by atoms with Gasteiger partial charge in [0.1, 0.15) is 11.6 Å². The van der Waals surface area contributed by atoms with Crippen LogP contribution in [0.3, 0.4) is 0 Å². The van der Waals surface area contributed by atoms with Gasteiger partial charge < -0.3 is 5.32 Å². The molecule has 2 unspecified atom stereocenters. The minimum Gasteiger partial charge on any atom is -0.316 e. The van der Waals surface area contributed by atoms with Gasteiger partial charge in [0, 0.05) is 17.5 Å². The second-order valence-electron chi connectivity index (χ2n) is 3.37. The fourth-order valence-electron chi connectivity index (χ4n) is 1.70. The van der Waals surface area contributed by atoms with Crippen molar-refractivity contribution < 1.29 is 8.78 Å². The van der Waals surface area contributed by atoms with Gasteiger partial charge in [-0.25, -0.2) is 8.78 Å². The Balaban J connectivity index is 0.000000980. The van der Waals surface area contributed by atoms with Gasteiger partial charge >= 0.3 is 0 Å². The predicted molar refractivity (Wildman–Crippen MR) is 53.8 cm³/mol. The van der Waals surface area contributed by atoms with Crippen molar-refractivity contribution in [3.8, 4) is 0 Å². The van der Waals surface area contributed by atoms with E-state index in [-0.39, 0.29) is 29.9 Å². The Morgan fingerprint density at radius 1 is 1.29 bits per heavy atom. The summed E-state index contributed by atoms with van der Waals surface area (Å²) in [5.41, 5.74) is 0.238. The first-order chi connectivity index (χ1) is 6.24. The van der Waals surface area contributed by atoms with E-state index >= 15 is 0 Å². The lowest BCUT2D eigenvalue weighted by atomic mass is 10.1. The lowest BCUT2D eigenvalue weighted by Gasteiger charge is -2.03. The highest BCUT2D eigenvalue weighted by molar-refractivity contribution is 5.85. The van der Waals surface area contributed by atoms with Crippen LogP contribution >= 0.6 is 12.4 Å². The molecule has 2 atom stereocenters. The first-order valence-electron chi connectivity index (χ1n) is 4.35. The van der Waals surface area contributed by atoms with Crippen LogP contribution in [0.5, 0.6) is 0 Å². The first kappa shape index (κ1) is 11.4. The van der Waals surface area contributed by atoms with Gasteiger partial charge in [-0.1, -0.05) is 6.07 Å². The molecule has 0 saturated heterocycles. The summed E-state index contributed by atoms with van der Waals surface area (Å²) in [4.78, 5) is 0. The van der Waals surface area contributed by atoms with Crippen molar-refractivity contribution in [3.63, 3.8) is 0 Å². The maximum absolute atomic E-state index is 13.2. The fourth-order valence-corrected chi connectivity index (χ4v) is 1.70. The highest BCUT2D eigenvalue weighted by Gasteiger charge is 2.40. The summed E-state index contributed by atoms with van der Waals surface area (Å²) in [6.07, 6.45) is 0.828. The van der Waals surface area contributed by atoms with Gasteiger partial charge in [0.05, 0.1) is 0 Å². The molecule has 0 bridgehead atoms. The fraction of sp³-hybridized carbons (Fsp3) is 0.400. The van der Waals surface area contributed by atoms with Gasteiger partial charge in [0.15, 0.2) is 0 Å². The summed E-state index contributed by atoms with van der Waals surface area (Å²) in [5.74, 6) is -0.836. The molecule has 1 aromatic carbocycles. The molecule has 1 aromatic rings. The standard InChI is InChI=1S/C10H11F2N.ClH/c1-13-9-5-6(9)10-7(11)3-2-4-8(10)12;/h2-4,6,9,13H,5H2,1H3;1H. The molecule has 0 heterocycles. The van der Waals surface area contributed by atoms with Crippen LogP contribution in [0.2, 0.25) is 0 Å². The molecule has 1 aliphatic rings. The number of nitrogens with one attached hydrogen (secondary N) is 1. The summed E-state index contributed by atoms with van der Waals surface area (Å²) < 4.78 is 26.4. The van der Waals surface area contributed by atoms with Crippen molar-refractivity contribution in [2.24, 2.45) is 0 Å². The van der Waals surface area contributed by atoms with Crippen LogP contribution in [-0.4, -0.2) is 13.1 Å². The maximum Gasteiger partial charge on any atom is 0.129 e. The zero-order chi connectivity index (χ0) is 9.42. The third kappa shape index (κ3) is 1.88. The van der Waals surface area contributed by atoms with Crippen molar-refractivity contribution in [1.82, 2.24) is 5.32 Å². The number of hydrogen-bond acceptors (Lipinski definition) is 1. The molecule has 1 fully saturated rings. The number of rotatable bonds is 2. The van der Waals surface area contributed by atoms with E-state index in [1.807, 2.05) is 7.05 Å². The molecule has 1 N–H and O–H groups in total. The van der Waals surface area contributed by atoms with Crippen molar-refractivity contribution in [2.45, 2.75) is 18.4 Å².